The Hall–Kier alpha value is -4.49. The van der Waals surface area contributed by atoms with Gasteiger partial charge in [-0.15, -0.1) is 0 Å². The summed E-state index contributed by atoms with van der Waals surface area (Å²) in [5.74, 6) is 0.309. The van der Waals surface area contributed by atoms with E-state index in [-0.39, 0.29) is 24.3 Å². The van der Waals surface area contributed by atoms with Gasteiger partial charge in [-0.2, -0.15) is 10.4 Å². The number of para-hydroxylation sites is 1. The maximum absolute atomic E-state index is 14.3. The number of halogens is 1. The first-order valence-electron chi connectivity index (χ1n) is 12.7. The number of aromatic nitrogens is 3. The standard InChI is InChI=1S/C29H29FN6O3/c1-29(2,38)27(30)17-33-28(37)23-16-32-25(26-9-8-20-10-18(14-31)15-34-36(20)26)13-24(23)35-19-11-22(12-19)39-21-6-4-3-5-7-21/h3-10,13,15-16,19,22,27,38H,11-12,17H2,1-2H3,(H,32,35)(H,33,37). The van der Waals surface area contributed by atoms with Crippen molar-refractivity contribution in [3.05, 3.63) is 78.1 Å². The number of pyridine rings is 1. The summed E-state index contributed by atoms with van der Waals surface area (Å²) in [4.78, 5) is 17.6. The van der Waals surface area contributed by atoms with E-state index in [1.165, 1.54) is 26.2 Å². The van der Waals surface area contributed by atoms with E-state index in [1.807, 2.05) is 42.5 Å². The lowest BCUT2D eigenvalue weighted by molar-refractivity contribution is -0.00177. The van der Waals surface area contributed by atoms with Crippen LogP contribution in [0.3, 0.4) is 0 Å². The van der Waals surface area contributed by atoms with Gasteiger partial charge in [-0.05, 0) is 50.2 Å². The Balaban J connectivity index is 1.38. The topological polar surface area (TPSA) is 125 Å². The number of nitrogens with one attached hydrogen (secondary N) is 2. The Morgan fingerprint density at radius 3 is 2.72 bits per heavy atom. The zero-order chi connectivity index (χ0) is 27.6. The summed E-state index contributed by atoms with van der Waals surface area (Å²) in [6, 6.07) is 18.9. The number of anilines is 1. The molecule has 5 rings (SSSR count). The van der Waals surface area contributed by atoms with E-state index in [2.05, 4.69) is 26.8 Å². The van der Waals surface area contributed by atoms with Crippen LogP contribution in [0.15, 0.2) is 67.0 Å². The molecule has 3 aromatic heterocycles. The highest BCUT2D eigenvalue weighted by atomic mass is 19.1. The number of hydrogen-bond donors (Lipinski definition) is 3. The van der Waals surface area contributed by atoms with Crippen molar-refractivity contribution in [2.24, 2.45) is 0 Å². The van der Waals surface area contributed by atoms with Crippen LogP contribution in [0, 0.1) is 11.3 Å². The Kier molecular flexibility index (Phi) is 7.17. The average Bonchev–Trinajstić information content (AvgIpc) is 3.33. The largest absolute Gasteiger partial charge is 0.490 e. The molecule has 1 aromatic carbocycles. The summed E-state index contributed by atoms with van der Waals surface area (Å²) in [6.07, 6.45) is 2.83. The third-order valence-corrected chi connectivity index (χ3v) is 6.75. The second kappa shape index (κ2) is 10.7. The first-order chi connectivity index (χ1) is 18.7. The van der Waals surface area contributed by atoms with E-state index in [9.17, 15) is 19.6 Å². The van der Waals surface area contributed by atoms with Gasteiger partial charge < -0.3 is 20.5 Å². The Bertz CT molecular complexity index is 1520. The van der Waals surface area contributed by atoms with Crippen LogP contribution in [-0.4, -0.2) is 56.1 Å². The summed E-state index contributed by atoms with van der Waals surface area (Å²) < 4.78 is 22.0. The van der Waals surface area contributed by atoms with Crippen molar-refractivity contribution in [1.29, 1.82) is 5.26 Å². The van der Waals surface area contributed by atoms with Crippen molar-refractivity contribution in [3.8, 4) is 23.2 Å². The van der Waals surface area contributed by atoms with E-state index >= 15 is 0 Å². The first-order valence-corrected chi connectivity index (χ1v) is 12.7. The maximum Gasteiger partial charge on any atom is 0.255 e. The first kappa shape index (κ1) is 26.1. The molecule has 1 unspecified atom stereocenters. The van der Waals surface area contributed by atoms with Crippen molar-refractivity contribution in [2.45, 2.75) is 50.6 Å². The minimum Gasteiger partial charge on any atom is -0.490 e. The van der Waals surface area contributed by atoms with Crippen LogP contribution in [0.4, 0.5) is 10.1 Å². The Morgan fingerprint density at radius 2 is 2.00 bits per heavy atom. The number of fused-ring (bicyclic) bond motifs is 1. The number of nitrogens with zero attached hydrogens (tertiary/aromatic N) is 4. The average molecular weight is 529 g/mol. The Labute approximate surface area is 225 Å². The summed E-state index contributed by atoms with van der Waals surface area (Å²) in [7, 11) is 0. The molecular weight excluding hydrogens is 499 g/mol. The second-order valence-corrected chi connectivity index (χ2v) is 10.2. The van der Waals surface area contributed by atoms with Crippen LogP contribution in [0.2, 0.25) is 0 Å². The van der Waals surface area contributed by atoms with Gasteiger partial charge in [0.15, 0.2) is 0 Å². The molecule has 10 heteroatoms. The smallest absolute Gasteiger partial charge is 0.255 e. The Morgan fingerprint density at radius 1 is 1.23 bits per heavy atom. The van der Waals surface area contributed by atoms with Crippen molar-refractivity contribution in [1.82, 2.24) is 19.9 Å². The molecule has 1 fully saturated rings. The lowest BCUT2D eigenvalue weighted by Gasteiger charge is -2.36. The fraction of sp³-hybridized carbons (Fsp3) is 0.310. The second-order valence-electron chi connectivity index (χ2n) is 10.2. The number of alkyl halides is 1. The predicted molar refractivity (Wildman–Crippen MR) is 144 cm³/mol. The zero-order valence-electron chi connectivity index (χ0n) is 21.6. The van der Waals surface area contributed by atoms with Crippen LogP contribution in [0.25, 0.3) is 16.9 Å². The molecule has 3 N–H and O–H groups in total. The van der Waals surface area contributed by atoms with Gasteiger partial charge in [-0.1, -0.05) is 18.2 Å². The molecule has 9 nitrogen and oxygen atoms in total. The predicted octanol–water partition coefficient (Wildman–Crippen LogP) is 4.13. The quantitative estimate of drug-likeness (QED) is 0.298. The van der Waals surface area contributed by atoms with Gasteiger partial charge in [-0.3, -0.25) is 9.78 Å². The number of nitriles is 1. The van der Waals surface area contributed by atoms with Gasteiger partial charge in [0.1, 0.15) is 24.1 Å². The fourth-order valence-corrected chi connectivity index (χ4v) is 4.37. The van der Waals surface area contributed by atoms with E-state index in [0.717, 1.165) is 24.1 Å². The third kappa shape index (κ3) is 5.84. The van der Waals surface area contributed by atoms with Gasteiger partial charge in [0.05, 0.1) is 52.1 Å². The van der Waals surface area contributed by atoms with Gasteiger partial charge in [-0.25, -0.2) is 8.91 Å². The van der Waals surface area contributed by atoms with Crippen molar-refractivity contribution in [2.75, 3.05) is 11.9 Å². The summed E-state index contributed by atoms with van der Waals surface area (Å²) in [5.41, 5.74) is 1.67. The molecule has 1 aliphatic rings. The SMILES string of the molecule is CC(C)(O)C(F)CNC(=O)c1cnc(-c2ccc3cc(C#N)cnn23)cc1NC1CC(Oc2ccccc2)C1. The molecule has 1 atom stereocenters. The van der Waals surface area contributed by atoms with Crippen molar-refractivity contribution < 1.29 is 19.0 Å². The molecule has 0 bridgehead atoms. The van der Waals surface area contributed by atoms with E-state index < -0.39 is 17.7 Å². The summed E-state index contributed by atoms with van der Waals surface area (Å²) >= 11 is 0. The molecule has 0 saturated heterocycles. The lowest BCUT2D eigenvalue weighted by Crippen LogP contribution is -2.43. The lowest BCUT2D eigenvalue weighted by atomic mass is 9.88. The van der Waals surface area contributed by atoms with E-state index in [1.54, 1.807) is 16.6 Å². The number of amides is 1. The molecule has 1 saturated carbocycles. The zero-order valence-corrected chi connectivity index (χ0v) is 21.6. The van der Waals surface area contributed by atoms with Crippen molar-refractivity contribution in [3.63, 3.8) is 0 Å². The number of hydrogen-bond acceptors (Lipinski definition) is 7. The van der Waals surface area contributed by atoms with Crippen LogP contribution in [-0.2, 0) is 0 Å². The van der Waals surface area contributed by atoms with Crippen LogP contribution in [0.1, 0.15) is 42.6 Å². The van der Waals surface area contributed by atoms with Crippen LogP contribution in [0.5, 0.6) is 5.75 Å². The highest BCUT2D eigenvalue weighted by Crippen LogP contribution is 2.31. The molecule has 4 aromatic rings. The van der Waals surface area contributed by atoms with Crippen LogP contribution < -0.4 is 15.4 Å². The van der Waals surface area contributed by atoms with Gasteiger partial charge in [0, 0.05) is 25.1 Å². The molecule has 0 spiro atoms. The molecule has 0 aliphatic heterocycles. The third-order valence-electron chi connectivity index (χ3n) is 6.75. The van der Waals surface area contributed by atoms with Crippen LogP contribution >= 0.6 is 0 Å². The molecule has 1 aliphatic carbocycles. The summed E-state index contributed by atoms with van der Waals surface area (Å²) in [5, 5.41) is 29.4. The summed E-state index contributed by atoms with van der Waals surface area (Å²) in [6.45, 7) is 2.37. The number of ether oxygens (including phenoxy) is 1. The highest BCUT2D eigenvalue weighted by molar-refractivity contribution is 6.00. The molecule has 200 valence electrons. The van der Waals surface area contributed by atoms with Gasteiger partial charge >= 0.3 is 0 Å². The number of benzene rings is 1. The monoisotopic (exact) mass is 528 g/mol. The minimum atomic E-state index is -1.64. The molecule has 3 heterocycles. The minimum absolute atomic E-state index is 0.0515. The van der Waals surface area contributed by atoms with Gasteiger partial charge in [0.25, 0.3) is 5.91 Å². The highest BCUT2D eigenvalue weighted by Gasteiger charge is 2.32. The molecule has 39 heavy (non-hydrogen) atoms. The van der Waals surface area contributed by atoms with E-state index in [4.69, 9.17) is 4.74 Å². The maximum atomic E-state index is 14.3. The van der Waals surface area contributed by atoms with Crippen molar-refractivity contribution >= 4 is 17.1 Å². The number of rotatable bonds is 9. The normalized spacial score (nSPS) is 17.6. The number of aliphatic hydroxyl groups is 1. The van der Waals surface area contributed by atoms with E-state index in [0.29, 0.717) is 22.6 Å². The van der Waals surface area contributed by atoms with Gasteiger partial charge in [0.2, 0.25) is 0 Å². The molecular formula is C29H29FN6O3. The fourth-order valence-electron chi connectivity index (χ4n) is 4.37. The molecule has 0 radical (unpaired) electrons. The number of carbonyl (C=O) groups excluding carboxylic acids is 1. The number of carbonyl (C=O) groups is 1. The molecule has 1 amide bonds.